The first kappa shape index (κ1) is 7.84. The van der Waals surface area contributed by atoms with E-state index in [2.05, 4.69) is 47.2 Å². The summed E-state index contributed by atoms with van der Waals surface area (Å²) in [6, 6.07) is 8.44. The summed E-state index contributed by atoms with van der Waals surface area (Å²) in [7, 11) is 0. The van der Waals surface area contributed by atoms with Gasteiger partial charge in [0.25, 0.3) is 0 Å². The number of rotatable bonds is 2. The molecule has 0 aliphatic heterocycles. The van der Waals surface area contributed by atoms with E-state index < -0.39 is 0 Å². The van der Waals surface area contributed by atoms with Crippen LogP contribution in [-0.2, 0) is 6.42 Å². The molecule has 0 amide bonds. The van der Waals surface area contributed by atoms with Gasteiger partial charge in [0.05, 0.1) is 0 Å². The van der Waals surface area contributed by atoms with Gasteiger partial charge in [-0.2, -0.15) is 0 Å². The summed E-state index contributed by atoms with van der Waals surface area (Å²) in [6.07, 6.45) is 2.40. The second-order valence-electron chi connectivity index (χ2n) is 2.36. The van der Waals surface area contributed by atoms with Gasteiger partial charge in [-0.3, -0.25) is 0 Å². The molecule has 1 radical (unpaired) electrons. The van der Waals surface area contributed by atoms with Crippen molar-refractivity contribution in [2.24, 2.45) is 0 Å². The normalized spacial score (nSPS) is 9.70. The predicted octanol–water partition coefficient (Wildman–Crippen LogP) is 1.43. The molecule has 0 nitrogen and oxygen atoms in total. The number of aryl methyl sites for hydroxylation is 1. The van der Waals surface area contributed by atoms with Crippen LogP contribution in [0.25, 0.3) is 0 Å². The van der Waals surface area contributed by atoms with Crippen LogP contribution in [0.3, 0.4) is 0 Å². The molecule has 0 bridgehead atoms. The van der Waals surface area contributed by atoms with Gasteiger partial charge < -0.3 is 0 Å². The van der Waals surface area contributed by atoms with Gasteiger partial charge in [0, 0.05) is 0 Å². The monoisotopic (exact) mass is 199 g/mol. The molecule has 1 aromatic carbocycles. The van der Waals surface area contributed by atoms with Crippen LogP contribution in [0.15, 0.2) is 24.3 Å². The maximum absolute atomic E-state index is 3.06. The first-order chi connectivity index (χ1) is 4.84. The molecule has 10 heavy (non-hydrogen) atoms. The summed E-state index contributed by atoms with van der Waals surface area (Å²) in [5.41, 5.74) is 1.44. The number of hydrogen-bond donors (Lipinski definition) is 0. The average molecular weight is 198 g/mol. The fourth-order valence-electron chi connectivity index (χ4n) is 0.980. The van der Waals surface area contributed by atoms with E-state index in [1.54, 1.807) is 0 Å². The van der Waals surface area contributed by atoms with Crippen LogP contribution < -0.4 is 4.46 Å². The average Bonchev–Trinajstić information content (AvgIpc) is 1.94. The topological polar surface area (TPSA) is 0 Å². The third kappa shape index (κ3) is 1.86. The Labute approximate surface area is 70.5 Å². The zero-order valence-corrected chi connectivity index (χ0v) is 7.84. The summed E-state index contributed by atoms with van der Waals surface area (Å²) in [5, 5.41) is 0. The van der Waals surface area contributed by atoms with E-state index in [-0.39, 0.29) is 0 Å². The van der Waals surface area contributed by atoms with Crippen molar-refractivity contribution in [1.29, 1.82) is 0 Å². The van der Waals surface area contributed by atoms with Crippen molar-refractivity contribution in [3.63, 3.8) is 0 Å². The van der Waals surface area contributed by atoms with Crippen LogP contribution in [0.4, 0.5) is 0 Å². The quantitative estimate of drug-likeness (QED) is 0.630. The summed E-state index contributed by atoms with van der Waals surface area (Å²) in [4.78, 5) is 0. The van der Waals surface area contributed by atoms with Gasteiger partial charge in [-0.25, -0.2) is 0 Å². The Morgan fingerprint density at radius 3 is 2.60 bits per heavy atom. The van der Waals surface area contributed by atoms with E-state index in [1.165, 1.54) is 22.9 Å². The van der Waals surface area contributed by atoms with Crippen LogP contribution in [-0.4, -0.2) is 16.0 Å². The fourth-order valence-corrected chi connectivity index (χ4v) is 1.50. The van der Waals surface area contributed by atoms with Crippen molar-refractivity contribution in [3.05, 3.63) is 29.8 Å². The van der Waals surface area contributed by atoms with Crippen molar-refractivity contribution < 1.29 is 0 Å². The van der Waals surface area contributed by atoms with Crippen LogP contribution >= 0.6 is 0 Å². The number of benzene rings is 1. The Kier molecular flexibility index (Phi) is 2.98. The molecule has 1 aromatic rings. The first-order valence-corrected chi connectivity index (χ1v) is 4.45. The Bertz CT molecular complexity index is 206. The second kappa shape index (κ2) is 3.80. The van der Waals surface area contributed by atoms with Gasteiger partial charge in [0.15, 0.2) is 0 Å². The third-order valence-corrected chi connectivity index (χ3v) is 2.33. The van der Waals surface area contributed by atoms with Crippen molar-refractivity contribution in [3.8, 4) is 0 Å². The Morgan fingerprint density at radius 2 is 2.00 bits per heavy atom. The Morgan fingerprint density at radius 1 is 1.30 bits per heavy atom. The summed E-state index contributed by atoms with van der Waals surface area (Å²) < 4.78 is 1.30. The zero-order chi connectivity index (χ0) is 7.40. The van der Waals surface area contributed by atoms with E-state index in [9.17, 15) is 0 Å². The molecule has 0 unspecified atom stereocenters. The molecule has 0 aliphatic carbocycles. The molecular formula is C9H11Se. The molecule has 0 aromatic heterocycles. The maximum atomic E-state index is 3.06. The first-order valence-electron chi connectivity index (χ1n) is 3.59. The molecule has 0 saturated carbocycles. The molecule has 1 rings (SSSR count). The predicted molar refractivity (Wildman–Crippen MR) is 45.8 cm³/mol. The van der Waals surface area contributed by atoms with E-state index in [0.717, 1.165) is 0 Å². The molecule has 0 heterocycles. The summed E-state index contributed by atoms with van der Waals surface area (Å²) in [6.45, 7) is 2.20. The zero-order valence-electron chi connectivity index (χ0n) is 6.13. The van der Waals surface area contributed by atoms with Gasteiger partial charge >= 0.3 is 70.1 Å². The van der Waals surface area contributed by atoms with Gasteiger partial charge in [-0.05, 0) is 0 Å². The SMILES string of the molecule is CCCc1ccccc1[Se]. The minimum atomic E-state index is 1.18. The van der Waals surface area contributed by atoms with Gasteiger partial charge in [0.2, 0.25) is 0 Å². The van der Waals surface area contributed by atoms with Gasteiger partial charge in [-0.15, -0.1) is 0 Å². The molecule has 1 heteroatoms. The van der Waals surface area contributed by atoms with E-state index >= 15 is 0 Å². The van der Waals surface area contributed by atoms with E-state index in [0.29, 0.717) is 0 Å². The molecular weight excluding hydrogens is 187 g/mol. The van der Waals surface area contributed by atoms with Crippen molar-refractivity contribution in [2.75, 3.05) is 0 Å². The number of hydrogen-bond acceptors (Lipinski definition) is 0. The van der Waals surface area contributed by atoms with Crippen LogP contribution in [0.1, 0.15) is 18.9 Å². The van der Waals surface area contributed by atoms with Gasteiger partial charge in [-0.1, -0.05) is 0 Å². The summed E-state index contributed by atoms with van der Waals surface area (Å²) >= 11 is 3.06. The Hall–Kier alpha value is -0.261. The van der Waals surface area contributed by atoms with Crippen molar-refractivity contribution in [1.82, 2.24) is 0 Å². The van der Waals surface area contributed by atoms with Crippen molar-refractivity contribution in [2.45, 2.75) is 19.8 Å². The molecule has 0 saturated heterocycles. The van der Waals surface area contributed by atoms with Crippen molar-refractivity contribution >= 4 is 20.5 Å². The Balaban J connectivity index is 2.81. The molecule has 0 N–H and O–H groups in total. The standard InChI is InChI=1S/C9H11Se/c1-2-5-8-6-3-4-7-9(8)10/h3-4,6-7H,2,5H2,1H3. The van der Waals surface area contributed by atoms with E-state index in [1.807, 2.05) is 0 Å². The minimum absolute atomic E-state index is 1.18. The fraction of sp³-hybridized carbons (Fsp3) is 0.333. The molecule has 0 aliphatic rings. The second-order valence-corrected chi connectivity index (χ2v) is 3.28. The van der Waals surface area contributed by atoms with E-state index in [4.69, 9.17) is 0 Å². The van der Waals surface area contributed by atoms with Crippen LogP contribution in [0.2, 0.25) is 0 Å². The molecule has 0 spiro atoms. The molecule has 0 atom stereocenters. The molecule has 53 valence electrons. The third-order valence-electron chi connectivity index (χ3n) is 1.49. The molecule has 0 fully saturated rings. The van der Waals surface area contributed by atoms with Gasteiger partial charge in [0.1, 0.15) is 0 Å². The van der Waals surface area contributed by atoms with Crippen LogP contribution in [0.5, 0.6) is 0 Å². The van der Waals surface area contributed by atoms with Crippen LogP contribution in [0, 0.1) is 0 Å². The summed E-state index contributed by atoms with van der Waals surface area (Å²) in [5.74, 6) is 0.